The van der Waals surface area contributed by atoms with Crippen LogP contribution in [0.25, 0.3) is 0 Å². The number of aryl methyl sites for hydroxylation is 1. The number of hydrogen-bond acceptors (Lipinski definition) is 3. The molecule has 0 saturated carbocycles. The fourth-order valence-electron chi connectivity index (χ4n) is 2.24. The lowest BCUT2D eigenvalue weighted by atomic mass is 10.1. The molecule has 4 nitrogen and oxygen atoms in total. The van der Waals surface area contributed by atoms with Crippen LogP contribution in [0.2, 0.25) is 0 Å². The van der Waals surface area contributed by atoms with Gasteiger partial charge in [-0.1, -0.05) is 12.1 Å². The Morgan fingerprint density at radius 1 is 1.53 bits per heavy atom. The number of benzene rings is 1. The van der Waals surface area contributed by atoms with E-state index in [1.807, 2.05) is 31.2 Å². The maximum absolute atomic E-state index is 12.0. The van der Waals surface area contributed by atoms with E-state index in [1.54, 1.807) is 6.92 Å². The molecule has 2 atom stereocenters. The second-order valence-electron chi connectivity index (χ2n) is 5.13. The van der Waals surface area contributed by atoms with E-state index in [9.17, 15) is 4.79 Å². The summed E-state index contributed by atoms with van der Waals surface area (Å²) >= 11 is 0. The summed E-state index contributed by atoms with van der Waals surface area (Å²) in [7, 11) is 0. The van der Waals surface area contributed by atoms with E-state index in [1.165, 1.54) is 0 Å². The van der Waals surface area contributed by atoms with Crippen LogP contribution in [-0.2, 0) is 4.79 Å². The monoisotopic (exact) mass is 262 g/mol. The summed E-state index contributed by atoms with van der Waals surface area (Å²) in [5.74, 6) is 0.694. The highest BCUT2D eigenvalue weighted by molar-refractivity contribution is 5.81. The maximum Gasteiger partial charge on any atom is 0.261 e. The van der Waals surface area contributed by atoms with Crippen molar-refractivity contribution in [2.45, 2.75) is 38.8 Å². The Hall–Kier alpha value is -1.55. The fraction of sp³-hybridized carbons (Fsp3) is 0.533. The molecule has 2 rings (SSSR count). The first kappa shape index (κ1) is 13.9. The number of carbonyl (C=O) groups is 1. The van der Waals surface area contributed by atoms with Gasteiger partial charge >= 0.3 is 0 Å². The van der Waals surface area contributed by atoms with Crippen molar-refractivity contribution in [2.75, 3.05) is 13.1 Å². The third kappa shape index (κ3) is 4.24. The quantitative estimate of drug-likeness (QED) is 0.867. The molecule has 1 amide bonds. The predicted molar refractivity (Wildman–Crippen MR) is 75.3 cm³/mol. The minimum absolute atomic E-state index is 0.0461. The van der Waals surface area contributed by atoms with E-state index in [0.717, 1.165) is 37.2 Å². The Labute approximate surface area is 114 Å². The molecule has 1 aromatic rings. The van der Waals surface area contributed by atoms with Crippen LogP contribution < -0.4 is 15.4 Å². The topological polar surface area (TPSA) is 50.4 Å². The average Bonchev–Trinajstić information content (AvgIpc) is 2.40. The predicted octanol–water partition coefficient (Wildman–Crippen LogP) is 1.63. The normalized spacial score (nSPS) is 20.6. The van der Waals surface area contributed by atoms with Crippen molar-refractivity contribution in [1.29, 1.82) is 0 Å². The van der Waals surface area contributed by atoms with Gasteiger partial charge in [-0.2, -0.15) is 0 Å². The molecule has 4 heteroatoms. The van der Waals surface area contributed by atoms with E-state index >= 15 is 0 Å². The molecule has 1 aliphatic rings. The summed E-state index contributed by atoms with van der Waals surface area (Å²) in [6.07, 6.45) is 1.68. The van der Waals surface area contributed by atoms with Crippen LogP contribution in [0, 0.1) is 6.92 Å². The van der Waals surface area contributed by atoms with Crippen LogP contribution in [0.5, 0.6) is 5.75 Å². The summed E-state index contributed by atoms with van der Waals surface area (Å²) in [6.45, 7) is 5.68. The minimum Gasteiger partial charge on any atom is -0.481 e. The largest absolute Gasteiger partial charge is 0.481 e. The maximum atomic E-state index is 12.0. The van der Waals surface area contributed by atoms with Crippen molar-refractivity contribution in [2.24, 2.45) is 0 Å². The molecular formula is C15H22N2O2. The lowest BCUT2D eigenvalue weighted by Gasteiger charge is -2.25. The Morgan fingerprint density at radius 3 is 3.05 bits per heavy atom. The van der Waals surface area contributed by atoms with Gasteiger partial charge in [0.15, 0.2) is 6.10 Å². The molecule has 2 unspecified atom stereocenters. The molecule has 1 saturated heterocycles. The van der Waals surface area contributed by atoms with E-state index in [4.69, 9.17) is 4.74 Å². The highest BCUT2D eigenvalue weighted by atomic mass is 16.5. The lowest BCUT2D eigenvalue weighted by Crippen LogP contribution is -2.49. The summed E-state index contributed by atoms with van der Waals surface area (Å²) in [5.41, 5.74) is 1.13. The molecule has 1 heterocycles. The van der Waals surface area contributed by atoms with Crippen LogP contribution in [0.3, 0.4) is 0 Å². The second kappa shape index (κ2) is 6.57. The van der Waals surface area contributed by atoms with Crippen molar-refractivity contribution >= 4 is 5.91 Å². The van der Waals surface area contributed by atoms with Crippen LogP contribution in [0.4, 0.5) is 0 Å². The Kier molecular flexibility index (Phi) is 4.80. The van der Waals surface area contributed by atoms with Gasteiger partial charge < -0.3 is 15.4 Å². The van der Waals surface area contributed by atoms with Gasteiger partial charge in [0.05, 0.1) is 0 Å². The van der Waals surface area contributed by atoms with Gasteiger partial charge in [-0.25, -0.2) is 0 Å². The zero-order valence-electron chi connectivity index (χ0n) is 11.6. The van der Waals surface area contributed by atoms with Gasteiger partial charge in [0, 0.05) is 12.6 Å². The Bertz CT molecular complexity index is 428. The summed E-state index contributed by atoms with van der Waals surface area (Å²) in [6, 6.07) is 7.97. The number of amides is 1. The van der Waals surface area contributed by atoms with Gasteiger partial charge in [0.2, 0.25) is 0 Å². The van der Waals surface area contributed by atoms with Crippen LogP contribution in [0.15, 0.2) is 24.3 Å². The Balaban J connectivity index is 1.84. The molecule has 19 heavy (non-hydrogen) atoms. The van der Waals surface area contributed by atoms with E-state index in [2.05, 4.69) is 10.6 Å². The van der Waals surface area contributed by atoms with Crippen molar-refractivity contribution in [3.8, 4) is 5.75 Å². The number of rotatable bonds is 4. The van der Waals surface area contributed by atoms with Crippen molar-refractivity contribution in [1.82, 2.24) is 10.6 Å². The summed E-state index contributed by atoms with van der Waals surface area (Å²) in [4.78, 5) is 12.0. The summed E-state index contributed by atoms with van der Waals surface area (Å²) < 4.78 is 5.67. The van der Waals surface area contributed by atoms with Crippen LogP contribution in [-0.4, -0.2) is 31.1 Å². The average molecular weight is 262 g/mol. The summed E-state index contributed by atoms with van der Waals surface area (Å²) in [5, 5.41) is 6.31. The van der Waals surface area contributed by atoms with E-state index in [0.29, 0.717) is 0 Å². The smallest absolute Gasteiger partial charge is 0.261 e. The van der Waals surface area contributed by atoms with E-state index in [-0.39, 0.29) is 11.9 Å². The lowest BCUT2D eigenvalue weighted by molar-refractivity contribution is -0.128. The third-order valence-electron chi connectivity index (χ3n) is 3.31. The molecule has 0 radical (unpaired) electrons. The molecule has 104 valence electrons. The third-order valence-corrected chi connectivity index (χ3v) is 3.31. The first-order chi connectivity index (χ1) is 9.15. The van der Waals surface area contributed by atoms with Crippen LogP contribution in [0.1, 0.15) is 25.3 Å². The number of nitrogens with one attached hydrogen (secondary N) is 2. The van der Waals surface area contributed by atoms with Crippen molar-refractivity contribution in [3.63, 3.8) is 0 Å². The number of hydrogen-bond donors (Lipinski definition) is 2. The number of piperidine rings is 1. The standard InChI is InChI=1S/C15H22N2O2/c1-11-5-3-7-14(9-11)19-12(2)15(18)17-13-6-4-8-16-10-13/h3,5,7,9,12-13,16H,4,6,8,10H2,1-2H3,(H,17,18). The molecule has 2 N–H and O–H groups in total. The highest BCUT2D eigenvalue weighted by Crippen LogP contribution is 2.14. The first-order valence-electron chi connectivity index (χ1n) is 6.89. The second-order valence-corrected chi connectivity index (χ2v) is 5.13. The zero-order valence-corrected chi connectivity index (χ0v) is 11.6. The molecule has 1 aliphatic heterocycles. The minimum atomic E-state index is -0.469. The molecular weight excluding hydrogens is 240 g/mol. The number of carbonyl (C=O) groups excluding carboxylic acids is 1. The SMILES string of the molecule is Cc1cccc(OC(C)C(=O)NC2CCCNC2)c1. The highest BCUT2D eigenvalue weighted by Gasteiger charge is 2.20. The van der Waals surface area contributed by atoms with Gasteiger partial charge in [-0.15, -0.1) is 0 Å². The van der Waals surface area contributed by atoms with E-state index < -0.39 is 6.10 Å². The van der Waals surface area contributed by atoms with Gasteiger partial charge in [0.25, 0.3) is 5.91 Å². The van der Waals surface area contributed by atoms with Crippen molar-refractivity contribution < 1.29 is 9.53 Å². The molecule has 0 aromatic heterocycles. The molecule has 0 aliphatic carbocycles. The Morgan fingerprint density at radius 2 is 2.37 bits per heavy atom. The van der Waals surface area contributed by atoms with Gasteiger partial charge in [0.1, 0.15) is 5.75 Å². The van der Waals surface area contributed by atoms with Gasteiger partial charge in [-0.05, 0) is 50.9 Å². The first-order valence-corrected chi connectivity index (χ1v) is 6.89. The fourth-order valence-corrected chi connectivity index (χ4v) is 2.24. The molecule has 0 spiro atoms. The van der Waals surface area contributed by atoms with Gasteiger partial charge in [-0.3, -0.25) is 4.79 Å². The molecule has 1 aromatic carbocycles. The van der Waals surface area contributed by atoms with Crippen molar-refractivity contribution in [3.05, 3.63) is 29.8 Å². The molecule has 0 bridgehead atoms. The zero-order chi connectivity index (χ0) is 13.7. The van der Waals surface area contributed by atoms with Crippen LogP contribution >= 0.6 is 0 Å². The molecule has 1 fully saturated rings. The number of ether oxygens (including phenoxy) is 1.